The SMILES string of the molecule is Cc1ccc(CSCC(=O)NCCC2=CCCCC2)cc1. The molecule has 0 aliphatic heterocycles. The molecule has 0 unspecified atom stereocenters. The standard InChI is InChI=1S/C18H25NOS/c1-15-7-9-17(10-8-15)13-21-14-18(20)19-12-11-16-5-3-2-4-6-16/h5,7-10H,2-4,6,11-14H2,1H3,(H,19,20). The molecule has 1 aromatic carbocycles. The third-order valence-corrected chi connectivity index (χ3v) is 4.78. The van der Waals surface area contributed by atoms with Gasteiger partial charge < -0.3 is 5.32 Å². The van der Waals surface area contributed by atoms with Crippen molar-refractivity contribution in [3.63, 3.8) is 0 Å². The van der Waals surface area contributed by atoms with Crippen LogP contribution in [0.25, 0.3) is 0 Å². The predicted octanol–water partition coefficient (Wildman–Crippen LogP) is 4.23. The van der Waals surface area contributed by atoms with E-state index in [9.17, 15) is 4.79 Å². The van der Waals surface area contributed by atoms with Crippen LogP contribution in [-0.4, -0.2) is 18.2 Å². The molecule has 1 N–H and O–H groups in total. The number of carbonyl (C=O) groups excluding carboxylic acids is 1. The first kappa shape index (κ1) is 16.2. The van der Waals surface area contributed by atoms with Gasteiger partial charge in [-0.15, -0.1) is 11.8 Å². The van der Waals surface area contributed by atoms with Crippen LogP contribution in [0.1, 0.15) is 43.2 Å². The van der Waals surface area contributed by atoms with E-state index in [0.717, 1.165) is 18.7 Å². The minimum absolute atomic E-state index is 0.156. The predicted molar refractivity (Wildman–Crippen MR) is 91.5 cm³/mol. The third-order valence-electron chi connectivity index (χ3n) is 3.78. The van der Waals surface area contributed by atoms with Gasteiger partial charge in [0.2, 0.25) is 5.91 Å². The molecule has 1 aliphatic carbocycles. The highest BCUT2D eigenvalue weighted by Crippen LogP contribution is 2.19. The normalized spacial score (nSPS) is 14.6. The number of aryl methyl sites for hydroxylation is 1. The molecule has 3 heteroatoms. The van der Waals surface area contributed by atoms with Crippen molar-refractivity contribution >= 4 is 17.7 Å². The lowest BCUT2D eigenvalue weighted by Gasteiger charge is -2.12. The monoisotopic (exact) mass is 303 g/mol. The topological polar surface area (TPSA) is 29.1 Å². The van der Waals surface area contributed by atoms with Crippen LogP contribution in [0.15, 0.2) is 35.9 Å². The van der Waals surface area contributed by atoms with Crippen LogP contribution in [0.5, 0.6) is 0 Å². The average Bonchev–Trinajstić information content (AvgIpc) is 2.50. The Morgan fingerprint density at radius 3 is 2.76 bits per heavy atom. The summed E-state index contributed by atoms with van der Waals surface area (Å²) in [4.78, 5) is 11.8. The summed E-state index contributed by atoms with van der Waals surface area (Å²) in [7, 11) is 0. The van der Waals surface area contributed by atoms with Gasteiger partial charge >= 0.3 is 0 Å². The summed E-state index contributed by atoms with van der Waals surface area (Å²) >= 11 is 1.68. The molecule has 0 saturated carbocycles. The second-order valence-electron chi connectivity index (χ2n) is 5.69. The fourth-order valence-corrected chi connectivity index (χ4v) is 3.31. The van der Waals surface area contributed by atoms with Crippen LogP contribution < -0.4 is 5.32 Å². The highest BCUT2D eigenvalue weighted by Gasteiger charge is 2.05. The van der Waals surface area contributed by atoms with Gasteiger partial charge in [-0.2, -0.15) is 0 Å². The molecule has 0 aromatic heterocycles. The largest absolute Gasteiger partial charge is 0.355 e. The number of allylic oxidation sites excluding steroid dienone is 1. The van der Waals surface area contributed by atoms with Crippen molar-refractivity contribution in [1.82, 2.24) is 5.32 Å². The zero-order valence-electron chi connectivity index (χ0n) is 12.9. The van der Waals surface area contributed by atoms with Crippen molar-refractivity contribution in [3.05, 3.63) is 47.0 Å². The summed E-state index contributed by atoms with van der Waals surface area (Å²) in [5, 5.41) is 3.02. The zero-order chi connectivity index (χ0) is 14.9. The molecular formula is C18H25NOS. The van der Waals surface area contributed by atoms with Gasteiger partial charge in [0.15, 0.2) is 0 Å². The molecule has 1 aromatic rings. The quantitative estimate of drug-likeness (QED) is 0.764. The summed E-state index contributed by atoms with van der Waals surface area (Å²) < 4.78 is 0. The highest BCUT2D eigenvalue weighted by molar-refractivity contribution is 7.99. The van der Waals surface area contributed by atoms with Gasteiger partial charge in [-0.1, -0.05) is 41.5 Å². The molecule has 0 fully saturated rings. The Hall–Kier alpha value is -1.22. The maximum atomic E-state index is 11.8. The third kappa shape index (κ3) is 6.38. The van der Waals surface area contributed by atoms with E-state index >= 15 is 0 Å². The van der Waals surface area contributed by atoms with E-state index in [1.165, 1.54) is 42.4 Å². The second-order valence-corrected chi connectivity index (χ2v) is 6.67. The molecule has 21 heavy (non-hydrogen) atoms. The van der Waals surface area contributed by atoms with Gasteiger partial charge in [-0.05, 0) is 44.6 Å². The van der Waals surface area contributed by atoms with E-state index < -0.39 is 0 Å². The van der Waals surface area contributed by atoms with Crippen molar-refractivity contribution in [1.29, 1.82) is 0 Å². The van der Waals surface area contributed by atoms with Crippen molar-refractivity contribution in [2.75, 3.05) is 12.3 Å². The van der Waals surface area contributed by atoms with Gasteiger partial charge in [0.1, 0.15) is 0 Å². The number of rotatable bonds is 7. The van der Waals surface area contributed by atoms with Gasteiger partial charge in [-0.3, -0.25) is 4.79 Å². The molecule has 1 amide bonds. The first-order chi connectivity index (χ1) is 10.2. The van der Waals surface area contributed by atoms with Gasteiger partial charge in [0, 0.05) is 12.3 Å². The maximum Gasteiger partial charge on any atom is 0.230 e. The van der Waals surface area contributed by atoms with Crippen molar-refractivity contribution < 1.29 is 4.79 Å². The van der Waals surface area contributed by atoms with Gasteiger partial charge in [0.05, 0.1) is 5.75 Å². The number of hydrogen-bond donors (Lipinski definition) is 1. The fourth-order valence-electron chi connectivity index (χ4n) is 2.49. The van der Waals surface area contributed by atoms with Crippen LogP contribution in [0.2, 0.25) is 0 Å². The van der Waals surface area contributed by atoms with Crippen molar-refractivity contribution in [3.8, 4) is 0 Å². The summed E-state index contributed by atoms with van der Waals surface area (Å²) in [6.45, 7) is 2.88. The second kappa shape index (κ2) is 8.93. The average molecular weight is 303 g/mol. The number of nitrogens with one attached hydrogen (secondary N) is 1. The summed E-state index contributed by atoms with van der Waals surface area (Å²) in [5.41, 5.74) is 4.08. The zero-order valence-corrected chi connectivity index (χ0v) is 13.7. The molecule has 0 bridgehead atoms. The van der Waals surface area contributed by atoms with Gasteiger partial charge in [0.25, 0.3) is 0 Å². The smallest absolute Gasteiger partial charge is 0.230 e. The first-order valence-corrected chi connectivity index (χ1v) is 8.97. The van der Waals surface area contributed by atoms with Crippen molar-refractivity contribution in [2.45, 2.75) is 44.8 Å². The van der Waals surface area contributed by atoms with E-state index in [1.54, 1.807) is 11.8 Å². The van der Waals surface area contributed by atoms with E-state index in [4.69, 9.17) is 0 Å². The Morgan fingerprint density at radius 2 is 2.05 bits per heavy atom. The lowest BCUT2D eigenvalue weighted by molar-refractivity contribution is -0.118. The number of hydrogen-bond acceptors (Lipinski definition) is 2. The van der Waals surface area contributed by atoms with Crippen LogP contribution in [0.3, 0.4) is 0 Å². The summed E-state index contributed by atoms with van der Waals surface area (Å²) in [6, 6.07) is 8.51. The van der Waals surface area contributed by atoms with E-state index in [-0.39, 0.29) is 5.91 Å². The highest BCUT2D eigenvalue weighted by atomic mass is 32.2. The molecule has 1 aliphatic rings. The Bertz CT molecular complexity index is 478. The molecular weight excluding hydrogens is 278 g/mol. The molecule has 0 saturated heterocycles. The summed E-state index contributed by atoms with van der Waals surface area (Å²) in [5.74, 6) is 1.61. The van der Waals surface area contributed by atoms with E-state index in [2.05, 4.69) is 42.6 Å². The summed E-state index contributed by atoms with van der Waals surface area (Å²) in [6.07, 6.45) is 8.45. The number of benzene rings is 1. The molecule has 2 rings (SSSR count). The first-order valence-electron chi connectivity index (χ1n) is 7.82. The lowest BCUT2D eigenvalue weighted by atomic mass is 9.97. The van der Waals surface area contributed by atoms with Crippen molar-refractivity contribution in [2.24, 2.45) is 0 Å². The molecule has 0 spiro atoms. The molecule has 114 valence electrons. The number of thioether (sulfide) groups is 1. The Morgan fingerprint density at radius 1 is 1.24 bits per heavy atom. The maximum absolute atomic E-state index is 11.8. The Balaban J connectivity index is 1.57. The minimum atomic E-state index is 0.156. The lowest BCUT2D eigenvalue weighted by Crippen LogP contribution is -2.26. The molecule has 0 radical (unpaired) electrons. The number of amides is 1. The molecule has 0 atom stereocenters. The molecule has 0 heterocycles. The molecule has 2 nitrogen and oxygen atoms in total. The van der Waals surface area contributed by atoms with E-state index in [1.807, 2.05) is 0 Å². The van der Waals surface area contributed by atoms with Crippen LogP contribution in [-0.2, 0) is 10.5 Å². The minimum Gasteiger partial charge on any atom is -0.355 e. The van der Waals surface area contributed by atoms with Crippen LogP contribution in [0, 0.1) is 6.92 Å². The van der Waals surface area contributed by atoms with E-state index in [0.29, 0.717) is 5.75 Å². The van der Waals surface area contributed by atoms with Gasteiger partial charge in [-0.25, -0.2) is 0 Å². The Labute approximate surface area is 132 Å². The Kier molecular flexibility index (Phi) is 6.87. The number of carbonyl (C=O) groups is 1. The fraction of sp³-hybridized carbons (Fsp3) is 0.500. The van der Waals surface area contributed by atoms with Crippen LogP contribution >= 0.6 is 11.8 Å². The van der Waals surface area contributed by atoms with Crippen LogP contribution in [0.4, 0.5) is 0 Å².